The Balaban J connectivity index is 1.30. The van der Waals surface area contributed by atoms with Crippen LogP contribution in [0.15, 0.2) is 158 Å². The fraction of sp³-hybridized carbons (Fsp3) is 0. The van der Waals surface area contributed by atoms with Gasteiger partial charge in [-0.2, -0.15) is 0 Å². The molecule has 3 heteroatoms. The summed E-state index contributed by atoms with van der Waals surface area (Å²) in [7, 11) is 0. The predicted octanol–water partition coefficient (Wildman–Crippen LogP) is 8.72. The van der Waals surface area contributed by atoms with Crippen molar-refractivity contribution in [1.82, 2.24) is 4.57 Å². The van der Waals surface area contributed by atoms with Crippen molar-refractivity contribution in [2.24, 2.45) is 0 Å². The number of ether oxygens (including phenoxy) is 1. The normalized spacial score (nSPS) is 12.6. The van der Waals surface area contributed by atoms with Gasteiger partial charge in [0, 0.05) is 22.0 Å². The number of nitrogens with zero attached hydrogens (tertiary/aromatic N) is 1. The second kappa shape index (κ2) is 9.35. The molecule has 0 spiro atoms. The predicted molar refractivity (Wildman–Crippen MR) is 188 cm³/mol. The number of hydrogen-bond donors (Lipinski definition) is 0. The minimum absolute atomic E-state index is 0.0568. The lowest BCUT2D eigenvalue weighted by atomic mass is 9.34. The van der Waals surface area contributed by atoms with Gasteiger partial charge in [0.05, 0.1) is 5.52 Å². The molecule has 0 aliphatic carbocycles. The largest absolute Gasteiger partial charge is 0.458 e. The second-order valence-corrected chi connectivity index (χ2v) is 12.1. The Bertz CT molecular complexity index is 2460. The van der Waals surface area contributed by atoms with Gasteiger partial charge in [0.2, 0.25) is 0 Å². The Hall–Kier alpha value is -5.80. The minimum atomic E-state index is 0.0568. The van der Waals surface area contributed by atoms with Crippen molar-refractivity contribution in [1.29, 1.82) is 0 Å². The van der Waals surface area contributed by atoms with Gasteiger partial charge in [-0.25, -0.2) is 0 Å². The highest BCUT2D eigenvalue weighted by Gasteiger charge is 2.40. The van der Waals surface area contributed by atoms with Gasteiger partial charge in [-0.15, -0.1) is 0 Å². The average molecular weight is 571 g/mol. The Kier molecular flexibility index (Phi) is 5.12. The molecule has 0 saturated heterocycles. The first kappa shape index (κ1) is 24.6. The molecule has 0 saturated carbocycles. The third-order valence-electron chi connectivity index (χ3n) is 9.66. The quantitative estimate of drug-likeness (QED) is 0.194. The first-order valence-electron chi connectivity index (χ1n) is 15.6. The van der Waals surface area contributed by atoms with Gasteiger partial charge in [0.1, 0.15) is 11.5 Å². The van der Waals surface area contributed by atoms with Crippen LogP contribution in [0.2, 0.25) is 0 Å². The Morgan fingerprint density at radius 1 is 0.444 bits per heavy atom. The fourth-order valence-corrected chi connectivity index (χ4v) is 7.73. The van der Waals surface area contributed by atoms with Crippen molar-refractivity contribution < 1.29 is 4.74 Å². The minimum Gasteiger partial charge on any atom is -0.458 e. The molecule has 208 valence electrons. The van der Waals surface area contributed by atoms with E-state index in [-0.39, 0.29) is 6.71 Å². The molecule has 3 heterocycles. The molecule has 0 fully saturated rings. The van der Waals surface area contributed by atoms with Crippen LogP contribution < -0.4 is 21.1 Å². The molecule has 0 bridgehead atoms. The lowest BCUT2D eigenvalue weighted by molar-refractivity contribution is 0.487. The van der Waals surface area contributed by atoms with E-state index in [4.69, 9.17) is 4.74 Å². The summed E-state index contributed by atoms with van der Waals surface area (Å²) in [5, 5.41) is 2.56. The van der Waals surface area contributed by atoms with Crippen molar-refractivity contribution in [2.75, 3.05) is 0 Å². The highest BCUT2D eigenvalue weighted by molar-refractivity contribution is 6.99. The van der Waals surface area contributed by atoms with E-state index < -0.39 is 0 Å². The number of para-hydroxylation sites is 2. The average Bonchev–Trinajstić information content (AvgIpc) is 3.46. The van der Waals surface area contributed by atoms with E-state index in [0.29, 0.717) is 0 Å². The van der Waals surface area contributed by atoms with Crippen LogP contribution >= 0.6 is 0 Å². The summed E-state index contributed by atoms with van der Waals surface area (Å²) >= 11 is 0. The zero-order valence-electron chi connectivity index (χ0n) is 24.4. The van der Waals surface area contributed by atoms with Crippen LogP contribution in [-0.4, -0.2) is 11.3 Å². The summed E-state index contributed by atoms with van der Waals surface area (Å²) in [5.41, 5.74) is 14.6. The molecule has 0 N–H and O–H groups in total. The molecule has 0 radical (unpaired) electrons. The summed E-state index contributed by atoms with van der Waals surface area (Å²) in [4.78, 5) is 0. The molecule has 2 nitrogen and oxygen atoms in total. The lowest BCUT2D eigenvalue weighted by Gasteiger charge is -2.34. The number of rotatable bonds is 3. The maximum Gasteiger partial charge on any atom is 0.256 e. The SMILES string of the molecule is c1ccc(-c2ccc3c(c2)B2c4c(cc(-c5ccccc5-c5ccccc5)cc4-n4c5ccccc5c5cccc2c54)O3)cc1. The van der Waals surface area contributed by atoms with Crippen LogP contribution in [0.1, 0.15) is 0 Å². The molecule has 7 aromatic carbocycles. The summed E-state index contributed by atoms with van der Waals surface area (Å²) in [6, 6.07) is 57.0. The van der Waals surface area contributed by atoms with Gasteiger partial charge in [-0.3, -0.25) is 0 Å². The van der Waals surface area contributed by atoms with Crippen molar-refractivity contribution >= 4 is 44.9 Å². The lowest BCUT2D eigenvalue weighted by Crippen LogP contribution is -2.58. The van der Waals surface area contributed by atoms with Gasteiger partial charge in [-0.05, 0) is 74.0 Å². The van der Waals surface area contributed by atoms with Gasteiger partial charge < -0.3 is 9.30 Å². The molecule has 1 aromatic heterocycles. The van der Waals surface area contributed by atoms with Crippen LogP contribution in [0, 0.1) is 0 Å². The zero-order chi connectivity index (χ0) is 29.5. The molecule has 0 atom stereocenters. The van der Waals surface area contributed by atoms with Gasteiger partial charge >= 0.3 is 0 Å². The highest BCUT2D eigenvalue weighted by atomic mass is 16.5. The van der Waals surface area contributed by atoms with Crippen LogP contribution in [-0.2, 0) is 0 Å². The Morgan fingerprint density at radius 2 is 1.13 bits per heavy atom. The van der Waals surface area contributed by atoms with Crippen molar-refractivity contribution in [3.05, 3.63) is 158 Å². The maximum atomic E-state index is 6.91. The van der Waals surface area contributed by atoms with E-state index in [1.807, 2.05) is 0 Å². The van der Waals surface area contributed by atoms with E-state index in [2.05, 4.69) is 162 Å². The fourth-order valence-electron chi connectivity index (χ4n) is 7.73. The number of benzene rings is 7. The molecule has 0 unspecified atom stereocenters. The number of hydrogen-bond acceptors (Lipinski definition) is 1. The highest BCUT2D eigenvalue weighted by Crippen LogP contribution is 2.41. The molecule has 8 aromatic rings. The molecule has 0 amide bonds. The standard InChI is InChI=1S/C42H26BNO/c1-3-12-27(13-4-1)29-22-23-39-36(24-29)43-35-20-11-19-34-33-18-9-10-21-37(33)44(42(34)35)38-25-30(26-40(45-39)41(38)43)32-17-8-7-16-31(32)28-14-5-2-6-15-28/h1-26H. The molecular formula is C42H26BNO. The van der Waals surface area contributed by atoms with Gasteiger partial charge in [-0.1, -0.05) is 133 Å². The zero-order valence-corrected chi connectivity index (χ0v) is 24.4. The van der Waals surface area contributed by atoms with E-state index in [0.717, 1.165) is 17.1 Å². The van der Waals surface area contributed by atoms with Crippen LogP contribution in [0.4, 0.5) is 0 Å². The van der Waals surface area contributed by atoms with Crippen molar-refractivity contribution in [3.8, 4) is 50.6 Å². The van der Waals surface area contributed by atoms with Crippen LogP contribution in [0.3, 0.4) is 0 Å². The van der Waals surface area contributed by atoms with Gasteiger partial charge in [0.25, 0.3) is 6.71 Å². The molecular weight excluding hydrogens is 545 g/mol. The van der Waals surface area contributed by atoms with E-state index in [9.17, 15) is 0 Å². The monoisotopic (exact) mass is 571 g/mol. The molecule has 45 heavy (non-hydrogen) atoms. The van der Waals surface area contributed by atoms with E-state index in [1.165, 1.54) is 71.7 Å². The van der Waals surface area contributed by atoms with Crippen LogP contribution in [0.5, 0.6) is 11.5 Å². The second-order valence-electron chi connectivity index (χ2n) is 12.1. The third kappa shape index (κ3) is 3.52. The number of aromatic nitrogens is 1. The smallest absolute Gasteiger partial charge is 0.256 e. The van der Waals surface area contributed by atoms with Crippen molar-refractivity contribution in [2.45, 2.75) is 0 Å². The summed E-state index contributed by atoms with van der Waals surface area (Å²) in [6.07, 6.45) is 0. The Labute approximate surface area is 261 Å². The van der Waals surface area contributed by atoms with Crippen LogP contribution in [0.25, 0.3) is 60.9 Å². The Morgan fingerprint density at radius 3 is 1.96 bits per heavy atom. The summed E-state index contributed by atoms with van der Waals surface area (Å²) in [6.45, 7) is 0.0568. The van der Waals surface area contributed by atoms with E-state index >= 15 is 0 Å². The number of fused-ring (bicyclic) bond motifs is 7. The first-order valence-corrected chi connectivity index (χ1v) is 15.6. The molecule has 10 rings (SSSR count). The van der Waals surface area contributed by atoms with E-state index in [1.54, 1.807) is 0 Å². The summed E-state index contributed by atoms with van der Waals surface area (Å²) < 4.78 is 9.39. The molecule has 2 aliphatic rings. The first-order chi connectivity index (χ1) is 22.3. The topological polar surface area (TPSA) is 14.2 Å². The maximum absolute atomic E-state index is 6.91. The van der Waals surface area contributed by atoms with Crippen molar-refractivity contribution in [3.63, 3.8) is 0 Å². The third-order valence-corrected chi connectivity index (χ3v) is 9.66. The van der Waals surface area contributed by atoms with Gasteiger partial charge in [0.15, 0.2) is 0 Å². The molecule has 2 aliphatic heterocycles. The summed E-state index contributed by atoms with van der Waals surface area (Å²) in [5.74, 6) is 1.85.